The number of amides is 2. The van der Waals surface area contributed by atoms with Crippen LogP contribution in [0.3, 0.4) is 0 Å². The van der Waals surface area contributed by atoms with Gasteiger partial charge in [-0.1, -0.05) is 0 Å². The first kappa shape index (κ1) is 15.2. The van der Waals surface area contributed by atoms with Crippen molar-refractivity contribution in [1.29, 1.82) is 0 Å². The number of piperidine rings is 1. The van der Waals surface area contributed by atoms with Crippen molar-refractivity contribution < 1.29 is 19.8 Å². The summed E-state index contributed by atoms with van der Waals surface area (Å²) in [5.41, 5.74) is 0.387. The van der Waals surface area contributed by atoms with E-state index in [4.69, 9.17) is 5.11 Å². The fraction of sp³-hybridized carbons (Fsp3) is 0.500. The Morgan fingerprint density at radius 3 is 2.62 bits per heavy atom. The third-order valence-corrected chi connectivity index (χ3v) is 3.75. The molecule has 2 rings (SSSR count). The van der Waals surface area contributed by atoms with E-state index in [-0.39, 0.29) is 23.6 Å². The predicted octanol–water partition coefficient (Wildman–Crippen LogP) is 1.40. The van der Waals surface area contributed by atoms with Gasteiger partial charge in [0.2, 0.25) is 0 Å². The smallest absolute Gasteiger partial charge is 0.337 e. The highest BCUT2D eigenvalue weighted by atomic mass is 16.4. The number of nitrogens with zero attached hydrogens (tertiary/aromatic N) is 2. The van der Waals surface area contributed by atoms with Crippen LogP contribution in [0, 0.1) is 5.92 Å². The zero-order chi connectivity index (χ0) is 15.4. The van der Waals surface area contributed by atoms with Crippen molar-refractivity contribution in [3.8, 4) is 0 Å². The van der Waals surface area contributed by atoms with Gasteiger partial charge in [-0.05, 0) is 31.7 Å². The first-order chi connectivity index (χ1) is 9.97. The average Bonchev–Trinajstić information content (AvgIpc) is 2.47. The molecule has 2 amide bonds. The maximum Gasteiger partial charge on any atom is 0.337 e. The van der Waals surface area contributed by atoms with Crippen molar-refractivity contribution in [3.63, 3.8) is 0 Å². The predicted molar refractivity (Wildman–Crippen MR) is 76.2 cm³/mol. The summed E-state index contributed by atoms with van der Waals surface area (Å²) >= 11 is 0. The molecule has 1 atom stereocenters. The Kier molecular flexibility index (Phi) is 4.74. The van der Waals surface area contributed by atoms with E-state index in [9.17, 15) is 14.7 Å². The van der Waals surface area contributed by atoms with Crippen LogP contribution in [0.4, 0.5) is 10.5 Å². The topological polar surface area (TPSA) is 103 Å². The maximum absolute atomic E-state index is 12.1. The quantitative estimate of drug-likeness (QED) is 0.781. The van der Waals surface area contributed by atoms with Crippen LogP contribution in [0.2, 0.25) is 0 Å². The second kappa shape index (κ2) is 6.53. The Bertz CT molecular complexity index is 525. The van der Waals surface area contributed by atoms with E-state index in [0.717, 1.165) is 12.8 Å². The molecule has 0 radical (unpaired) electrons. The van der Waals surface area contributed by atoms with Gasteiger partial charge in [0.05, 0.1) is 23.6 Å². The van der Waals surface area contributed by atoms with Crippen molar-refractivity contribution >= 4 is 17.7 Å². The lowest BCUT2D eigenvalue weighted by atomic mass is 9.92. The molecule has 1 aromatic rings. The number of hydrogen-bond donors (Lipinski definition) is 3. The van der Waals surface area contributed by atoms with Crippen LogP contribution < -0.4 is 5.32 Å². The Balaban J connectivity index is 1.93. The molecule has 1 aliphatic rings. The van der Waals surface area contributed by atoms with Gasteiger partial charge in [0, 0.05) is 19.3 Å². The zero-order valence-electron chi connectivity index (χ0n) is 11.8. The molecule has 0 bridgehead atoms. The summed E-state index contributed by atoms with van der Waals surface area (Å²) in [6, 6.07) is 1.10. The van der Waals surface area contributed by atoms with Crippen LogP contribution in [-0.2, 0) is 0 Å². The van der Waals surface area contributed by atoms with Gasteiger partial charge >= 0.3 is 12.0 Å². The highest BCUT2D eigenvalue weighted by Gasteiger charge is 2.25. The molecule has 1 aromatic heterocycles. The van der Waals surface area contributed by atoms with E-state index in [1.807, 2.05) is 0 Å². The van der Waals surface area contributed by atoms with E-state index in [1.165, 1.54) is 18.5 Å². The van der Waals surface area contributed by atoms with E-state index in [2.05, 4.69) is 10.3 Å². The van der Waals surface area contributed by atoms with E-state index in [0.29, 0.717) is 18.8 Å². The number of anilines is 1. The Labute approximate surface area is 122 Å². The first-order valence-corrected chi connectivity index (χ1v) is 6.89. The molecule has 1 saturated heterocycles. The van der Waals surface area contributed by atoms with Crippen LogP contribution in [0.15, 0.2) is 18.5 Å². The van der Waals surface area contributed by atoms with Crippen LogP contribution in [0.25, 0.3) is 0 Å². The summed E-state index contributed by atoms with van der Waals surface area (Å²) in [6.45, 7) is 2.92. The molecule has 1 aliphatic heterocycles. The average molecular weight is 293 g/mol. The molecule has 7 heteroatoms. The van der Waals surface area contributed by atoms with Crippen molar-refractivity contribution in [1.82, 2.24) is 9.88 Å². The largest absolute Gasteiger partial charge is 0.478 e. The molecular weight excluding hydrogens is 274 g/mol. The normalized spacial score (nSPS) is 17.3. The molecule has 7 nitrogen and oxygen atoms in total. The first-order valence-electron chi connectivity index (χ1n) is 6.89. The number of nitrogens with one attached hydrogen (secondary N) is 1. The number of rotatable bonds is 3. The molecule has 0 saturated carbocycles. The van der Waals surface area contributed by atoms with Gasteiger partial charge in [-0.25, -0.2) is 9.59 Å². The minimum atomic E-state index is -1.09. The Morgan fingerprint density at radius 1 is 1.38 bits per heavy atom. The number of aromatic nitrogens is 1. The highest BCUT2D eigenvalue weighted by Crippen LogP contribution is 2.21. The number of aliphatic hydroxyl groups is 1. The van der Waals surface area contributed by atoms with Crippen LogP contribution in [-0.4, -0.2) is 51.3 Å². The summed E-state index contributed by atoms with van der Waals surface area (Å²) in [5.74, 6) is -0.859. The Morgan fingerprint density at radius 2 is 2.05 bits per heavy atom. The third-order valence-electron chi connectivity index (χ3n) is 3.75. The standard InChI is InChI=1S/C14H19N3O4/c1-9(18)10-2-4-17(5-3-10)14(21)16-12-6-11(13(19)20)7-15-8-12/h6-10,18H,2-5H2,1H3,(H,16,21)(H,19,20). The number of pyridine rings is 1. The van der Waals surface area contributed by atoms with Crippen molar-refractivity contribution in [3.05, 3.63) is 24.0 Å². The molecule has 0 aromatic carbocycles. The second-order valence-electron chi connectivity index (χ2n) is 5.26. The molecule has 1 fully saturated rings. The number of hydrogen-bond acceptors (Lipinski definition) is 4. The third kappa shape index (κ3) is 3.91. The molecule has 21 heavy (non-hydrogen) atoms. The van der Waals surface area contributed by atoms with Crippen molar-refractivity contribution in [2.45, 2.75) is 25.9 Å². The van der Waals surface area contributed by atoms with Gasteiger partial charge < -0.3 is 20.4 Å². The number of carboxylic acid groups (broad SMARTS) is 1. The fourth-order valence-corrected chi connectivity index (χ4v) is 2.41. The molecule has 1 unspecified atom stereocenters. The van der Waals surface area contributed by atoms with Gasteiger partial charge in [-0.2, -0.15) is 0 Å². The number of likely N-dealkylation sites (tertiary alicyclic amines) is 1. The summed E-state index contributed by atoms with van der Waals surface area (Å²) in [6.07, 6.45) is 3.81. The SMILES string of the molecule is CC(O)C1CCN(C(=O)Nc2cncc(C(=O)O)c2)CC1. The van der Waals surface area contributed by atoms with E-state index < -0.39 is 5.97 Å². The van der Waals surface area contributed by atoms with E-state index in [1.54, 1.807) is 11.8 Å². The second-order valence-corrected chi connectivity index (χ2v) is 5.26. The Hall–Kier alpha value is -2.15. The van der Waals surface area contributed by atoms with Crippen molar-refractivity contribution in [2.24, 2.45) is 5.92 Å². The van der Waals surface area contributed by atoms with Gasteiger partial charge in [0.1, 0.15) is 0 Å². The molecule has 3 N–H and O–H groups in total. The van der Waals surface area contributed by atoms with Crippen molar-refractivity contribution in [2.75, 3.05) is 18.4 Å². The maximum atomic E-state index is 12.1. The lowest BCUT2D eigenvalue weighted by Gasteiger charge is -2.33. The van der Waals surface area contributed by atoms with E-state index >= 15 is 0 Å². The molecule has 0 spiro atoms. The summed E-state index contributed by atoms with van der Waals surface area (Å²) in [7, 11) is 0. The monoisotopic (exact) mass is 293 g/mol. The van der Waals surface area contributed by atoms with Crippen LogP contribution in [0.5, 0.6) is 0 Å². The minimum Gasteiger partial charge on any atom is -0.478 e. The molecule has 114 valence electrons. The summed E-state index contributed by atoms with van der Waals surface area (Å²) in [5, 5.41) is 21.1. The number of carbonyl (C=O) groups excluding carboxylic acids is 1. The van der Waals surface area contributed by atoms with Crippen LogP contribution >= 0.6 is 0 Å². The fourth-order valence-electron chi connectivity index (χ4n) is 2.41. The lowest BCUT2D eigenvalue weighted by molar-refractivity contribution is 0.0696. The highest BCUT2D eigenvalue weighted by molar-refractivity contribution is 5.92. The summed E-state index contributed by atoms with van der Waals surface area (Å²) in [4.78, 5) is 28.4. The molecule has 0 aliphatic carbocycles. The zero-order valence-corrected chi connectivity index (χ0v) is 11.8. The number of carbonyl (C=O) groups is 2. The number of aliphatic hydroxyl groups excluding tert-OH is 1. The molecular formula is C14H19N3O4. The number of urea groups is 1. The lowest BCUT2D eigenvalue weighted by Crippen LogP contribution is -2.42. The summed E-state index contributed by atoms with van der Waals surface area (Å²) < 4.78 is 0. The minimum absolute atomic E-state index is 0.0283. The van der Waals surface area contributed by atoms with Gasteiger partial charge in [0.15, 0.2) is 0 Å². The van der Waals surface area contributed by atoms with Gasteiger partial charge in [0.25, 0.3) is 0 Å². The van der Waals surface area contributed by atoms with Gasteiger partial charge in [-0.15, -0.1) is 0 Å². The number of carboxylic acids is 1. The number of aromatic carboxylic acids is 1. The van der Waals surface area contributed by atoms with Crippen LogP contribution in [0.1, 0.15) is 30.1 Å². The molecule has 2 heterocycles. The van der Waals surface area contributed by atoms with Gasteiger partial charge in [-0.3, -0.25) is 4.98 Å².